The third-order valence-corrected chi connectivity index (χ3v) is 2.75. The Labute approximate surface area is 98.5 Å². The van der Waals surface area contributed by atoms with Crippen LogP contribution < -0.4 is 9.47 Å². The van der Waals surface area contributed by atoms with Gasteiger partial charge in [0.1, 0.15) is 0 Å². The molecule has 1 rings (SSSR count). The van der Waals surface area contributed by atoms with Crippen LogP contribution in [0.5, 0.6) is 11.5 Å². The van der Waals surface area contributed by atoms with Crippen LogP contribution in [0.25, 0.3) is 0 Å². The van der Waals surface area contributed by atoms with Gasteiger partial charge in [0.15, 0.2) is 11.5 Å². The van der Waals surface area contributed by atoms with Crippen molar-refractivity contribution in [1.29, 1.82) is 0 Å². The van der Waals surface area contributed by atoms with Gasteiger partial charge in [-0.15, -0.1) is 0 Å². The Balaban J connectivity index is 2.97. The second kappa shape index (κ2) is 5.98. The van der Waals surface area contributed by atoms with E-state index < -0.39 is 0 Å². The highest BCUT2D eigenvalue weighted by Gasteiger charge is 2.09. The van der Waals surface area contributed by atoms with Gasteiger partial charge in [-0.3, -0.25) is 0 Å². The molecule has 0 N–H and O–H groups in total. The molecule has 84 valence electrons. The molecule has 0 spiro atoms. The zero-order chi connectivity index (χ0) is 11.3. The first-order valence-corrected chi connectivity index (χ1v) is 5.50. The third-order valence-electron chi connectivity index (χ3n) is 2.01. The van der Waals surface area contributed by atoms with Crippen molar-refractivity contribution in [1.82, 2.24) is 0 Å². The lowest BCUT2D eigenvalue weighted by Crippen LogP contribution is -1.96. The highest BCUT2D eigenvalue weighted by atomic mass is 79.9. The van der Waals surface area contributed by atoms with Crippen molar-refractivity contribution in [2.45, 2.75) is 13.5 Å². The standard InChI is InChI=1S/C11H15BrO3/c1-4-15-7-8-5-10(13-2)11(14-3)6-9(8)12/h5-6H,4,7H2,1-3H3. The number of hydrogen-bond acceptors (Lipinski definition) is 3. The van der Waals surface area contributed by atoms with Gasteiger partial charge in [0.05, 0.1) is 20.8 Å². The van der Waals surface area contributed by atoms with Crippen LogP contribution in [0.4, 0.5) is 0 Å². The van der Waals surface area contributed by atoms with Crippen molar-refractivity contribution in [3.8, 4) is 11.5 Å². The summed E-state index contributed by atoms with van der Waals surface area (Å²) in [5, 5.41) is 0. The van der Waals surface area contributed by atoms with Crippen LogP contribution in [0.1, 0.15) is 12.5 Å². The van der Waals surface area contributed by atoms with Gasteiger partial charge in [-0.1, -0.05) is 15.9 Å². The predicted molar refractivity (Wildman–Crippen MR) is 62.6 cm³/mol. The molecule has 4 heteroatoms. The fraction of sp³-hybridized carbons (Fsp3) is 0.455. The summed E-state index contributed by atoms with van der Waals surface area (Å²) in [6.07, 6.45) is 0. The van der Waals surface area contributed by atoms with Crippen LogP contribution in [0.2, 0.25) is 0 Å². The molecule has 0 saturated carbocycles. The van der Waals surface area contributed by atoms with E-state index in [9.17, 15) is 0 Å². The average Bonchev–Trinajstić information content (AvgIpc) is 2.27. The molecule has 0 aromatic heterocycles. The molecular weight excluding hydrogens is 260 g/mol. The molecule has 0 unspecified atom stereocenters. The minimum absolute atomic E-state index is 0.567. The van der Waals surface area contributed by atoms with E-state index in [-0.39, 0.29) is 0 Å². The minimum atomic E-state index is 0.567. The van der Waals surface area contributed by atoms with Crippen molar-refractivity contribution >= 4 is 15.9 Å². The quantitative estimate of drug-likeness (QED) is 0.826. The summed E-state index contributed by atoms with van der Waals surface area (Å²) in [5.74, 6) is 1.43. The minimum Gasteiger partial charge on any atom is -0.493 e. The lowest BCUT2D eigenvalue weighted by molar-refractivity contribution is 0.133. The summed E-state index contributed by atoms with van der Waals surface area (Å²) in [7, 11) is 3.24. The summed E-state index contributed by atoms with van der Waals surface area (Å²) in [6, 6.07) is 3.80. The van der Waals surface area contributed by atoms with E-state index in [1.54, 1.807) is 14.2 Å². The lowest BCUT2D eigenvalue weighted by Gasteiger charge is -2.11. The Bertz CT molecular complexity index is 326. The van der Waals surface area contributed by atoms with Gasteiger partial charge in [0, 0.05) is 11.1 Å². The number of methoxy groups -OCH3 is 2. The molecule has 3 nitrogen and oxygen atoms in total. The van der Waals surface area contributed by atoms with E-state index in [0.717, 1.165) is 15.8 Å². The zero-order valence-corrected chi connectivity index (χ0v) is 10.8. The molecule has 1 aromatic carbocycles. The number of benzene rings is 1. The molecule has 1 aromatic rings. The van der Waals surface area contributed by atoms with Gasteiger partial charge < -0.3 is 14.2 Å². The molecule has 0 bridgehead atoms. The summed E-state index contributed by atoms with van der Waals surface area (Å²) in [5.41, 5.74) is 1.05. The zero-order valence-electron chi connectivity index (χ0n) is 9.17. The van der Waals surface area contributed by atoms with Crippen LogP contribution >= 0.6 is 15.9 Å². The van der Waals surface area contributed by atoms with Gasteiger partial charge >= 0.3 is 0 Å². The first-order chi connectivity index (χ1) is 7.22. The average molecular weight is 275 g/mol. The Morgan fingerprint density at radius 2 is 1.73 bits per heavy atom. The van der Waals surface area contributed by atoms with Gasteiger partial charge in [-0.25, -0.2) is 0 Å². The van der Waals surface area contributed by atoms with Crippen LogP contribution in [-0.4, -0.2) is 20.8 Å². The monoisotopic (exact) mass is 274 g/mol. The maximum absolute atomic E-state index is 5.35. The summed E-state index contributed by atoms with van der Waals surface area (Å²) in [4.78, 5) is 0. The molecule has 0 aliphatic rings. The topological polar surface area (TPSA) is 27.7 Å². The van der Waals surface area contributed by atoms with Crippen molar-refractivity contribution in [3.63, 3.8) is 0 Å². The summed E-state index contributed by atoms with van der Waals surface area (Å²) >= 11 is 3.47. The molecule has 0 aliphatic heterocycles. The largest absolute Gasteiger partial charge is 0.493 e. The highest BCUT2D eigenvalue weighted by Crippen LogP contribution is 2.33. The molecule has 0 aliphatic carbocycles. The van der Waals surface area contributed by atoms with Crippen LogP contribution in [0.3, 0.4) is 0 Å². The molecule has 0 radical (unpaired) electrons. The number of ether oxygens (including phenoxy) is 3. The van der Waals surface area contributed by atoms with E-state index in [1.165, 1.54) is 0 Å². The van der Waals surface area contributed by atoms with Gasteiger partial charge in [0.25, 0.3) is 0 Å². The van der Waals surface area contributed by atoms with Crippen LogP contribution in [0, 0.1) is 0 Å². The maximum Gasteiger partial charge on any atom is 0.161 e. The first-order valence-electron chi connectivity index (χ1n) is 4.71. The molecule has 0 fully saturated rings. The Kier molecular flexibility index (Phi) is 4.91. The van der Waals surface area contributed by atoms with E-state index >= 15 is 0 Å². The second-order valence-electron chi connectivity index (χ2n) is 2.94. The van der Waals surface area contributed by atoms with E-state index in [0.29, 0.717) is 19.0 Å². The van der Waals surface area contributed by atoms with Crippen molar-refractivity contribution < 1.29 is 14.2 Å². The van der Waals surface area contributed by atoms with Crippen LogP contribution in [0.15, 0.2) is 16.6 Å². The third kappa shape index (κ3) is 3.11. The Morgan fingerprint density at radius 1 is 1.13 bits per heavy atom. The molecule has 0 saturated heterocycles. The van der Waals surface area contributed by atoms with Gasteiger partial charge in [0.2, 0.25) is 0 Å². The SMILES string of the molecule is CCOCc1cc(OC)c(OC)cc1Br. The smallest absolute Gasteiger partial charge is 0.161 e. The number of hydrogen-bond donors (Lipinski definition) is 0. The summed E-state index contributed by atoms with van der Waals surface area (Å²) < 4.78 is 16.7. The lowest BCUT2D eigenvalue weighted by atomic mass is 10.2. The van der Waals surface area contributed by atoms with Crippen molar-refractivity contribution in [3.05, 3.63) is 22.2 Å². The Morgan fingerprint density at radius 3 is 2.27 bits per heavy atom. The molecule has 0 amide bonds. The summed E-state index contributed by atoms with van der Waals surface area (Å²) in [6.45, 7) is 3.23. The van der Waals surface area contributed by atoms with E-state index in [2.05, 4.69) is 15.9 Å². The van der Waals surface area contributed by atoms with Crippen molar-refractivity contribution in [2.24, 2.45) is 0 Å². The Hall–Kier alpha value is -0.740. The van der Waals surface area contributed by atoms with E-state index in [4.69, 9.17) is 14.2 Å². The molecular formula is C11H15BrO3. The fourth-order valence-corrected chi connectivity index (χ4v) is 1.66. The highest BCUT2D eigenvalue weighted by molar-refractivity contribution is 9.10. The van der Waals surface area contributed by atoms with E-state index in [1.807, 2.05) is 19.1 Å². The number of halogens is 1. The van der Waals surface area contributed by atoms with Crippen LogP contribution in [-0.2, 0) is 11.3 Å². The molecule has 15 heavy (non-hydrogen) atoms. The fourth-order valence-electron chi connectivity index (χ4n) is 1.22. The molecule has 0 heterocycles. The predicted octanol–water partition coefficient (Wildman–Crippen LogP) is 3.00. The van der Waals surface area contributed by atoms with Crippen molar-refractivity contribution in [2.75, 3.05) is 20.8 Å². The number of rotatable bonds is 5. The van der Waals surface area contributed by atoms with Gasteiger partial charge in [-0.2, -0.15) is 0 Å². The second-order valence-corrected chi connectivity index (χ2v) is 3.79. The normalized spacial score (nSPS) is 10.1. The maximum atomic E-state index is 5.35. The first kappa shape index (κ1) is 12.3. The molecule has 0 atom stereocenters. The van der Waals surface area contributed by atoms with Gasteiger partial charge in [-0.05, 0) is 24.6 Å².